The quantitative estimate of drug-likeness (QED) is 0.781. The molecule has 2 aromatic rings. The first-order chi connectivity index (χ1) is 10.2. The molecule has 0 bridgehead atoms. The lowest BCUT2D eigenvalue weighted by atomic mass is 9.74. The molecule has 1 saturated carbocycles. The number of halogens is 1. The molecule has 1 aliphatic rings. The number of methoxy groups -OCH3 is 2. The number of ether oxygens (including phenoxy) is 2. The summed E-state index contributed by atoms with van der Waals surface area (Å²) in [7, 11) is 3.30. The van der Waals surface area contributed by atoms with Gasteiger partial charge >= 0.3 is 0 Å². The zero-order valence-corrected chi connectivity index (χ0v) is 13.5. The molecule has 0 unspecified atom stereocenters. The van der Waals surface area contributed by atoms with Crippen molar-refractivity contribution in [2.75, 3.05) is 14.2 Å². The van der Waals surface area contributed by atoms with Crippen LogP contribution in [-0.4, -0.2) is 23.8 Å². The molecule has 4 nitrogen and oxygen atoms in total. The summed E-state index contributed by atoms with van der Waals surface area (Å²) >= 11 is 6.15. The van der Waals surface area contributed by atoms with Gasteiger partial charge in [0.15, 0.2) is 11.5 Å². The minimum Gasteiger partial charge on any atom is -0.493 e. The van der Waals surface area contributed by atoms with Crippen molar-refractivity contribution in [3.05, 3.63) is 18.0 Å². The fourth-order valence-electron chi connectivity index (χ4n) is 3.39. The van der Waals surface area contributed by atoms with Crippen molar-refractivity contribution in [2.45, 2.75) is 44.0 Å². The highest BCUT2D eigenvalue weighted by atomic mass is 35.5. The van der Waals surface area contributed by atoms with Crippen molar-refractivity contribution in [2.24, 2.45) is 0 Å². The number of imidazole rings is 1. The third-order valence-corrected chi connectivity index (χ3v) is 5.00. The normalized spacial score (nSPS) is 16.8. The molecule has 1 aliphatic carbocycles. The monoisotopic (exact) mass is 308 g/mol. The highest BCUT2D eigenvalue weighted by molar-refractivity contribution is 6.16. The van der Waals surface area contributed by atoms with Gasteiger partial charge in [0.1, 0.15) is 5.82 Å². The van der Waals surface area contributed by atoms with E-state index in [-0.39, 0.29) is 5.54 Å². The number of hydrogen-bond donors (Lipinski definition) is 0. The van der Waals surface area contributed by atoms with Crippen molar-refractivity contribution in [3.8, 4) is 11.5 Å². The maximum Gasteiger partial charge on any atom is 0.163 e. The molecule has 5 heteroatoms. The van der Waals surface area contributed by atoms with Crippen molar-refractivity contribution in [1.82, 2.24) is 9.55 Å². The van der Waals surface area contributed by atoms with E-state index >= 15 is 0 Å². The van der Waals surface area contributed by atoms with Gasteiger partial charge in [-0.2, -0.15) is 0 Å². The highest BCUT2D eigenvalue weighted by Gasteiger charge is 2.39. The minimum absolute atomic E-state index is 0.165. The zero-order chi connectivity index (χ0) is 15.0. The maximum atomic E-state index is 6.15. The van der Waals surface area contributed by atoms with Crippen LogP contribution in [0.2, 0.25) is 0 Å². The van der Waals surface area contributed by atoms with E-state index in [1.165, 1.54) is 19.3 Å². The summed E-state index contributed by atoms with van der Waals surface area (Å²) in [6.07, 6.45) is 4.74. The number of rotatable bonds is 5. The molecule has 0 aliphatic heterocycles. The lowest BCUT2D eigenvalue weighted by Crippen LogP contribution is -2.40. The van der Waals surface area contributed by atoms with E-state index < -0.39 is 0 Å². The Morgan fingerprint density at radius 1 is 1.24 bits per heavy atom. The predicted octanol–water partition coefficient (Wildman–Crippen LogP) is 4.08. The minimum atomic E-state index is 0.165. The Bertz CT molecular complexity index is 656. The zero-order valence-electron chi connectivity index (χ0n) is 12.8. The average molecular weight is 309 g/mol. The fraction of sp³-hybridized carbons (Fsp3) is 0.562. The Labute approximate surface area is 130 Å². The molecule has 0 radical (unpaired) electrons. The summed E-state index contributed by atoms with van der Waals surface area (Å²) in [5, 5.41) is 0. The van der Waals surface area contributed by atoms with E-state index in [1.54, 1.807) is 14.2 Å². The van der Waals surface area contributed by atoms with Gasteiger partial charge in [0.05, 0.1) is 31.1 Å². The van der Waals surface area contributed by atoms with Gasteiger partial charge < -0.3 is 14.0 Å². The van der Waals surface area contributed by atoms with Crippen LogP contribution < -0.4 is 9.47 Å². The molecule has 0 amide bonds. The summed E-state index contributed by atoms with van der Waals surface area (Å²) in [4.78, 5) is 4.71. The van der Waals surface area contributed by atoms with Crippen molar-refractivity contribution < 1.29 is 9.47 Å². The first kappa shape index (κ1) is 14.5. The van der Waals surface area contributed by atoms with Gasteiger partial charge in [0.2, 0.25) is 0 Å². The predicted molar refractivity (Wildman–Crippen MR) is 84.5 cm³/mol. The Morgan fingerprint density at radius 3 is 2.38 bits per heavy atom. The topological polar surface area (TPSA) is 36.3 Å². The van der Waals surface area contributed by atoms with Gasteiger partial charge in [0.25, 0.3) is 0 Å². The van der Waals surface area contributed by atoms with Crippen LogP contribution in [0.15, 0.2) is 12.1 Å². The van der Waals surface area contributed by atoms with E-state index in [1.807, 2.05) is 12.1 Å². The number of hydrogen-bond acceptors (Lipinski definition) is 3. The molecule has 1 fully saturated rings. The Balaban J connectivity index is 2.26. The van der Waals surface area contributed by atoms with Crippen molar-refractivity contribution in [1.29, 1.82) is 0 Å². The van der Waals surface area contributed by atoms with Gasteiger partial charge in [-0.3, -0.25) is 0 Å². The number of aromatic nitrogens is 2. The molecule has 1 aromatic carbocycles. The number of nitrogens with zero attached hydrogens (tertiary/aromatic N) is 2. The van der Waals surface area contributed by atoms with Crippen LogP contribution in [0.4, 0.5) is 0 Å². The molecule has 3 rings (SSSR count). The smallest absolute Gasteiger partial charge is 0.163 e. The van der Waals surface area contributed by atoms with Gasteiger partial charge in [-0.15, -0.1) is 11.6 Å². The summed E-state index contributed by atoms with van der Waals surface area (Å²) in [6, 6.07) is 3.95. The van der Waals surface area contributed by atoms with Crippen molar-refractivity contribution in [3.63, 3.8) is 0 Å². The van der Waals surface area contributed by atoms with E-state index in [0.717, 1.165) is 29.0 Å². The van der Waals surface area contributed by atoms with Gasteiger partial charge in [-0.05, 0) is 25.7 Å². The standard InChI is InChI=1S/C16H21ClN2O2/c1-4-16(6-5-7-16)19-12-9-14(21-3)13(20-2)8-11(12)18-15(19)10-17/h8-9H,4-7,10H2,1-3H3. The van der Waals surface area contributed by atoms with Crippen LogP contribution >= 0.6 is 11.6 Å². The van der Waals surface area contributed by atoms with E-state index in [9.17, 15) is 0 Å². The van der Waals surface area contributed by atoms with Gasteiger partial charge in [-0.1, -0.05) is 6.92 Å². The Morgan fingerprint density at radius 2 is 1.90 bits per heavy atom. The second kappa shape index (κ2) is 5.41. The van der Waals surface area contributed by atoms with Crippen LogP contribution in [0.3, 0.4) is 0 Å². The molecular formula is C16H21ClN2O2. The highest BCUT2D eigenvalue weighted by Crippen LogP contribution is 2.46. The summed E-state index contributed by atoms with van der Waals surface area (Å²) in [6.45, 7) is 2.24. The van der Waals surface area contributed by atoms with Crippen LogP contribution in [0.5, 0.6) is 11.5 Å². The third kappa shape index (κ3) is 2.08. The Hall–Kier alpha value is -1.42. The first-order valence-electron chi connectivity index (χ1n) is 7.39. The molecule has 1 heterocycles. The molecule has 0 saturated heterocycles. The van der Waals surface area contributed by atoms with Crippen LogP contribution in [0.25, 0.3) is 11.0 Å². The second-order valence-electron chi connectivity index (χ2n) is 5.62. The SMILES string of the molecule is CCC1(n2c(CCl)nc3cc(OC)c(OC)cc32)CCC1. The maximum absolute atomic E-state index is 6.15. The van der Waals surface area contributed by atoms with E-state index in [0.29, 0.717) is 11.6 Å². The first-order valence-corrected chi connectivity index (χ1v) is 7.92. The summed E-state index contributed by atoms with van der Waals surface area (Å²) in [5.41, 5.74) is 2.17. The fourth-order valence-corrected chi connectivity index (χ4v) is 3.57. The molecule has 21 heavy (non-hydrogen) atoms. The lowest BCUT2D eigenvalue weighted by molar-refractivity contribution is 0.138. The summed E-state index contributed by atoms with van der Waals surface area (Å²) in [5.74, 6) is 2.79. The average Bonchev–Trinajstić information content (AvgIpc) is 2.83. The molecule has 114 valence electrons. The van der Waals surface area contributed by atoms with Crippen LogP contribution in [0.1, 0.15) is 38.4 Å². The van der Waals surface area contributed by atoms with Crippen molar-refractivity contribution >= 4 is 22.6 Å². The van der Waals surface area contributed by atoms with Gasteiger partial charge in [0, 0.05) is 17.7 Å². The second-order valence-corrected chi connectivity index (χ2v) is 5.89. The largest absolute Gasteiger partial charge is 0.493 e. The van der Waals surface area contributed by atoms with Crippen LogP contribution in [-0.2, 0) is 11.4 Å². The molecule has 0 atom stereocenters. The number of alkyl halides is 1. The lowest BCUT2D eigenvalue weighted by Gasteiger charge is -2.44. The molecule has 0 N–H and O–H groups in total. The molecule has 0 spiro atoms. The van der Waals surface area contributed by atoms with Gasteiger partial charge in [-0.25, -0.2) is 4.98 Å². The number of benzene rings is 1. The molecular weight excluding hydrogens is 288 g/mol. The molecule has 1 aromatic heterocycles. The van der Waals surface area contributed by atoms with E-state index in [2.05, 4.69) is 11.5 Å². The third-order valence-electron chi connectivity index (χ3n) is 4.77. The number of fused-ring (bicyclic) bond motifs is 1. The van der Waals surface area contributed by atoms with Crippen LogP contribution in [0, 0.1) is 0 Å². The summed E-state index contributed by atoms with van der Waals surface area (Å²) < 4.78 is 13.1. The van der Waals surface area contributed by atoms with E-state index in [4.69, 9.17) is 26.1 Å². The Kier molecular flexibility index (Phi) is 3.74.